The van der Waals surface area contributed by atoms with E-state index in [4.69, 9.17) is 0 Å². The summed E-state index contributed by atoms with van der Waals surface area (Å²) in [6, 6.07) is 6.76. The van der Waals surface area contributed by atoms with Gasteiger partial charge in [-0.05, 0) is 36.0 Å². The Morgan fingerprint density at radius 1 is 1.28 bits per heavy atom. The van der Waals surface area contributed by atoms with Gasteiger partial charge in [-0.15, -0.1) is 0 Å². The molecule has 1 aliphatic carbocycles. The van der Waals surface area contributed by atoms with E-state index in [0.717, 1.165) is 13.1 Å². The second-order valence-electron chi connectivity index (χ2n) is 5.17. The number of carbonyl (C=O) groups is 1. The average molecular weight is 246 g/mol. The molecule has 1 N–H and O–H groups in total. The van der Waals surface area contributed by atoms with Gasteiger partial charge in [0, 0.05) is 33.6 Å². The third-order valence-electron chi connectivity index (χ3n) is 3.51. The third kappa shape index (κ3) is 3.33. The number of nitrogens with one attached hydrogen (secondary N) is 1. The van der Waals surface area contributed by atoms with E-state index < -0.39 is 0 Å². The van der Waals surface area contributed by atoms with Crippen LogP contribution in [0, 0.1) is 0 Å². The standard InChI is InChI=1S/C15H22N2O/c1-17(2)15(18)8-9-16-11-12-6-7-13-4-3-5-14(13)10-12/h6-7,10,16H,3-5,8-9,11H2,1-2H3. The molecule has 1 amide bonds. The summed E-state index contributed by atoms with van der Waals surface area (Å²) in [6.45, 7) is 1.60. The van der Waals surface area contributed by atoms with Crippen molar-refractivity contribution in [3.05, 3.63) is 34.9 Å². The second-order valence-corrected chi connectivity index (χ2v) is 5.17. The lowest BCUT2D eigenvalue weighted by Gasteiger charge is -2.11. The largest absolute Gasteiger partial charge is 0.349 e. The van der Waals surface area contributed by atoms with Crippen molar-refractivity contribution in [2.24, 2.45) is 0 Å². The van der Waals surface area contributed by atoms with Crippen molar-refractivity contribution < 1.29 is 4.79 Å². The zero-order valence-corrected chi connectivity index (χ0v) is 11.3. The lowest BCUT2D eigenvalue weighted by Crippen LogP contribution is -2.26. The molecule has 1 aromatic carbocycles. The molecule has 2 rings (SSSR count). The molecule has 1 aromatic rings. The van der Waals surface area contributed by atoms with E-state index in [2.05, 4.69) is 23.5 Å². The van der Waals surface area contributed by atoms with Crippen molar-refractivity contribution in [1.82, 2.24) is 10.2 Å². The van der Waals surface area contributed by atoms with Crippen LogP contribution in [0.5, 0.6) is 0 Å². The Bertz CT molecular complexity index is 427. The molecule has 0 saturated heterocycles. The molecular weight excluding hydrogens is 224 g/mol. The van der Waals surface area contributed by atoms with Crippen LogP contribution < -0.4 is 5.32 Å². The van der Waals surface area contributed by atoms with E-state index in [0.29, 0.717) is 6.42 Å². The van der Waals surface area contributed by atoms with Crippen molar-refractivity contribution in [3.8, 4) is 0 Å². The van der Waals surface area contributed by atoms with E-state index in [-0.39, 0.29) is 5.91 Å². The zero-order valence-electron chi connectivity index (χ0n) is 11.3. The normalized spacial score (nSPS) is 13.4. The summed E-state index contributed by atoms with van der Waals surface area (Å²) in [5.41, 5.74) is 4.35. The molecule has 0 fully saturated rings. The predicted molar refractivity (Wildman–Crippen MR) is 73.5 cm³/mol. The molecule has 0 spiro atoms. The van der Waals surface area contributed by atoms with E-state index in [9.17, 15) is 4.79 Å². The van der Waals surface area contributed by atoms with Gasteiger partial charge in [-0.1, -0.05) is 18.2 Å². The first kappa shape index (κ1) is 13.1. The van der Waals surface area contributed by atoms with Gasteiger partial charge in [0.25, 0.3) is 0 Å². The van der Waals surface area contributed by atoms with Gasteiger partial charge in [-0.2, -0.15) is 0 Å². The lowest BCUT2D eigenvalue weighted by atomic mass is 10.1. The molecule has 0 radical (unpaired) electrons. The highest BCUT2D eigenvalue weighted by Gasteiger charge is 2.10. The predicted octanol–water partition coefficient (Wildman–Crippen LogP) is 1.74. The van der Waals surface area contributed by atoms with E-state index in [1.165, 1.54) is 36.0 Å². The van der Waals surface area contributed by atoms with E-state index in [1.807, 2.05) is 0 Å². The maximum atomic E-state index is 11.4. The summed E-state index contributed by atoms with van der Waals surface area (Å²) in [6.07, 6.45) is 4.32. The summed E-state index contributed by atoms with van der Waals surface area (Å²) in [7, 11) is 3.59. The van der Waals surface area contributed by atoms with Crippen LogP contribution >= 0.6 is 0 Å². The first-order chi connectivity index (χ1) is 8.66. The molecule has 0 unspecified atom stereocenters. The number of hydrogen-bond donors (Lipinski definition) is 1. The summed E-state index contributed by atoms with van der Waals surface area (Å²) >= 11 is 0. The molecule has 3 heteroatoms. The van der Waals surface area contributed by atoms with Crippen molar-refractivity contribution in [1.29, 1.82) is 0 Å². The van der Waals surface area contributed by atoms with Crippen LogP contribution in [0.1, 0.15) is 29.5 Å². The molecule has 98 valence electrons. The first-order valence-corrected chi connectivity index (χ1v) is 6.68. The fraction of sp³-hybridized carbons (Fsp3) is 0.533. The van der Waals surface area contributed by atoms with Crippen LogP contribution in [0.25, 0.3) is 0 Å². The Labute approximate surface area is 109 Å². The molecule has 0 atom stereocenters. The smallest absolute Gasteiger partial charge is 0.223 e. The number of rotatable bonds is 5. The quantitative estimate of drug-likeness (QED) is 0.803. The summed E-state index contributed by atoms with van der Waals surface area (Å²) in [5, 5.41) is 3.33. The van der Waals surface area contributed by atoms with Gasteiger partial charge in [-0.3, -0.25) is 4.79 Å². The highest BCUT2D eigenvalue weighted by atomic mass is 16.2. The van der Waals surface area contributed by atoms with Crippen LogP contribution in [0.15, 0.2) is 18.2 Å². The molecule has 3 nitrogen and oxygen atoms in total. The molecular formula is C15H22N2O. The number of nitrogens with zero attached hydrogens (tertiary/aromatic N) is 1. The molecule has 0 aromatic heterocycles. The maximum Gasteiger partial charge on any atom is 0.223 e. The van der Waals surface area contributed by atoms with E-state index >= 15 is 0 Å². The molecule has 18 heavy (non-hydrogen) atoms. The number of carbonyl (C=O) groups excluding carboxylic acids is 1. The SMILES string of the molecule is CN(C)C(=O)CCNCc1ccc2c(c1)CCC2. The van der Waals surface area contributed by atoms with Crippen LogP contribution in [0.4, 0.5) is 0 Å². The lowest BCUT2D eigenvalue weighted by molar-refractivity contribution is -0.128. The highest BCUT2D eigenvalue weighted by Crippen LogP contribution is 2.22. The van der Waals surface area contributed by atoms with Gasteiger partial charge >= 0.3 is 0 Å². The zero-order chi connectivity index (χ0) is 13.0. The monoisotopic (exact) mass is 246 g/mol. The summed E-state index contributed by atoms with van der Waals surface area (Å²) in [4.78, 5) is 13.0. The van der Waals surface area contributed by atoms with Crippen molar-refractivity contribution >= 4 is 5.91 Å². The number of fused-ring (bicyclic) bond motifs is 1. The first-order valence-electron chi connectivity index (χ1n) is 6.68. The average Bonchev–Trinajstić information content (AvgIpc) is 2.81. The fourth-order valence-electron chi connectivity index (χ4n) is 2.39. The highest BCUT2D eigenvalue weighted by molar-refractivity contribution is 5.75. The molecule has 0 heterocycles. The van der Waals surface area contributed by atoms with Gasteiger partial charge in [-0.25, -0.2) is 0 Å². The summed E-state index contributed by atoms with van der Waals surface area (Å²) < 4.78 is 0. The minimum atomic E-state index is 0.177. The van der Waals surface area contributed by atoms with Gasteiger partial charge in [0.1, 0.15) is 0 Å². The Kier molecular flexibility index (Phi) is 4.37. The van der Waals surface area contributed by atoms with Crippen molar-refractivity contribution in [2.75, 3.05) is 20.6 Å². The second kappa shape index (κ2) is 6.01. The number of amides is 1. The minimum Gasteiger partial charge on any atom is -0.349 e. The molecule has 1 aliphatic rings. The maximum absolute atomic E-state index is 11.4. The topological polar surface area (TPSA) is 32.3 Å². The van der Waals surface area contributed by atoms with Gasteiger partial charge in [0.2, 0.25) is 5.91 Å². The Morgan fingerprint density at radius 3 is 2.83 bits per heavy atom. The van der Waals surface area contributed by atoms with E-state index in [1.54, 1.807) is 19.0 Å². The Balaban J connectivity index is 1.75. The number of benzene rings is 1. The molecule has 0 bridgehead atoms. The van der Waals surface area contributed by atoms with Crippen LogP contribution in [0.2, 0.25) is 0 Å². The fourth-order valence-corrected chi connectivity index (χ4v) is 2.39. The van der Waals surface area contributed by atoms with Crippen LogP contribution in [-0.4, -0.2) is 31.4 Å². The van der Waals surface area contributed by atoms with Crippen LogP contribution in [0.3, 0.4) is 0 Å². The van der Waals surface area contributed by atoms with Gasteiger partial charge < -0.3 is 10.2 Å². The van der Waals surface area contributed by atoms with Gasteiger partial charge in [0.05, 0.1) is 0 Å². The summed E-state index contributed by atoms with van der Waals surface area (Å²) in [5.74, 6) is 0.177. The van der Waals surface area contributed by atoms with Gasteiger partial charge in [0.15, 0.2) is 0 Å². The Morgan fingerprint density at radius 2 is 2.06 bits per heavy atom. The van der Waals surface area contributed by atoms with Crippen molar-refractivity contribution in [3.63, 3.8) is 0 Å². The van der Waals surface area contributed by atoms with Crippen LogP contribution in [-0.2, 0) is 24.2 Å². The Hall–Kier alpha value is -1.35. The van der Waals surface area contributed by atoms with Crippen molar-refractivity contribution in [2.45, 2.75) is 32.2 Å². The minimum absolute atomic E-state index is 0.177. The third-order valence-corrected chi connectivity index (χ3v) is 3.51. The molecule has 0 aliphatic heterocycles. The number of aryl methyl sites for hydroxylation is 2. The number of hydrogen-bond acceptors (Lipinski definition) is 2. The molecule has 0 saturated carbocycles.